The van der Waals surface area contributed by atoms with E-state index in [1.165, 1.54) is 23.3 Å². The monoisotopic (exact) mass is 440 g/mol. The Morgan fingerprint density at radius 1 is 0.818 bits per heavy atom. The number of ketones is 1. The molecule has 2 unspecified atom stereocenters. The minimum Gasteiger partial charge on any atom is -0.372 e. The molecule has 2 N–H and O–H groups in total. The quantitative estimate of drug-likeness (QED) is 0.446. The lowest BCUT2D eigenvalue weighted by Crippen LogP contribution is -2.27. The first-order valence-corrected chi connectivity index (χ1v) is 11.5. The van der Waals surface area contributed by atoms with Crippen molar-refractivity contribution in [3.63, 3.8) is 0 Å². The molecule has 3 aromatic carbocycles. The molecule has 3 aromatic rings. The van der Waals surface area contributed by atoms with Gasteiger partial charge in [-0.3, -0.25) is 4.79 Å². The van der Waals surface area contributed by atoms with E-state index < -0.39 is 0 Å². The summed E-state index contributed by atoms with van der Waals surface area (Å²) >= 11 is 0. The maximum absolute atomic E-state index is 13.6. The maximum Gasteiger partial charge on any atom is 0.163 e. The molecule has 2 aliphatic rings. The summed E-state index contributed by atoms with van der Waals surface area (Å²) in [6.45, 7) is 6.62. The number of benzene rings is 3. The first-order chi connectivity index (χ1) is 15.8. The number of allylic oxidation sites excluding steroid dienone is 1. The fourth-order valence-electron chi connectivity index (χ4n) is 4.89. The average molecular weight is 441 g/mol. The molecule has 1 aliphatic heterocycles. The van der Waals surface area contributed by atoms with Crippen LogP contribution in [0, 0.1) is 5.82 Å². The third-order valence-electron chi connectivity index (χ3n) is 6.76. The van der Waals surface area contributed by atoms with Gasteiger partial charge in [0.2, 0.25) is 0 Å². The normalized spacial score (nSPS) is 20.3. The topological polar surface area (TPSA) is 41.1 Å². The molecule has 0 saturated heterocycles. The molecule has 0 fully saturated rings. The van der Waals surface area contributed by atoms with Gasteiger partial charge >= 0.3 is 0 Å². The van der Waals surface area contributed by atoms with Crippen LogP contribution in [-0.2, 0) is 10.2 Å². The van der Waals surface area contributed by atoms with E-state index in [1.54, 1.807) is 12.1 Å². The van der Waals surface area contributed by atoms with E-state index in [0.717, 1.165) is 34.6 Å². The fourth-order valence-corrected chi connectivity index (χ4v) is 4.89. The lowest BCUT2D eigenvalue weighted by Gasteiger charge is -2.30. The van der Waals surface area contributed by atoms with Gasteiger partial charge in [-0.25, -0.2) is 4.39 Å². The Hall–Kier alpha value is -3.40. The Bertz CT molecular complexity index is 1220. The van der Waals surface area contributed by atoms with E-state index in [0.29, 0.717) is 6.42 Å². The second-order valence-electron chi connectivity index (χ2n) is 10.1. The number of carbonyl (C=O) groups is 1. The van der Waals surface area contributed by atoms with Crippen LogP contribution >= 0.6 is 0 Å². The maximum atomic E-state index is 13.6. The minimum atomic E-state index is -0.325. The van der Waals surface area contributed by atoms with Crippen LogP contribution in [-0.4, -0.2) is 5.78 Å². The SMILES string of the molecule is CC(C)(C)c1ccc(C2CC(=O)C3=C(C2)Nc2ccccc2NC3c2ccc(F)cc2)cc1. The van der Waals surface area contributed by atoms with Crippen LogP contribution in [0.15, 0.2) is 84.1 Å². The number of nitrogens with one attached hydrogen (secondary N) is 2. The van der Waals surface area contributed by atoms with E-state index in [9.17, 15) is 9.18 Å². The highest BCUT2D eigenvalue weighted by molar-refractivity contribution is 6.01. The molecular formula is C29H29FN2O. The molecule has 168 valence electrons. The third kappa shape index (κ3) is 4.18. The second-order valence-corrected chi connectivity index (χ2v) is 10.1. The van der Waals surface area contributed by atoms with Crippen molar-refractivity contribution in [2.24, 2.45) is 0 Å². The molecule has 0 saturated carbocycles. The van der Waals surface area contributed by atoms with Gasteiger partial charge in [-0.2, -0.15) is 0 Å². The van der Waals surface area contributed by atoms with E-state index in [2.05, 4.69) is 55.7 Å². The van der Waals surface area contributed by atoms with Crippen LogP contribution in [0.2, 0.25) is 0 Å². The Morgan fingerprint density at radius 3 is 2.12 bits per heavy atom. The zero-order chi connectivity index (χ0) is 23.2. The van der Waals surface area contributed by atoms with E-state index in [4.69, 9.17) is 0 Å². The molecule has 0 aromatic heterocycles. The van der Waals surface area contributed by atoms with E-state index in [1.807, 2.05) is 24.3 Å². The number of halogens is 1. The lowest BCUT2D eigenvalue weighted by molar-refractivity contribution is -0.116. The van der Waals surface area contributed by atoms with Crippen molar-refractivity contribution >= 4 is 17.2 Å². The van der Waals surface area contributed by atoms with Gasteiger partial charge in [0, 0.05) is 17.7 Å². The van der Waals surface area contributed by atoms with Gasteiger partial charge in [-0.1, -0.05) is 69.3 Å². The summed E-state index contributed by atoms with van der Waals surface area (Å²) in [6, 6.07) is 22.8. The van der Waals surface area contributed by atoms with Crippen molar-refractivity contribution in [3.8, 4) is 0 Å². The molecule has 1 heterocycles. The smallest absolute Gasteiger partial charge is 0.163 e. The number of rotatable bonds is 2. The molecule has 5 rings (SSSR count). The molecule has 3 nitrogen and oxygen atoms in total. The highest BCUT2D eigenvalue weighted by Crippen LogP contribution is 2.44. The van der Waals surface area contributed by atoms with Crippen molar-refractivity contribution in [3.05, 3.63) is 107 Å². The highest BCUT2D eigenvalue weighted by Gasteiger charge is 2.36. The summed E-state index contributed by atoms with van der Waals surface area (Å²) in [5.74, 6) is -0.0333. The molecule has 33 heavy (non-hydrogen) atoms. The minimum absolute atomic E-state index is 0.0945. The zero-order valence-electron chi connectivity index (χ0n) is 19.3. The van der Waals surface area contributed by atoms with Crippen LogP contribution in [0.4, 0.5) is 15.8 Å². The lowest BCUT2D eigenvalue weighted by atomic mass is 9.77. The first-order valence-electron chi connectivity index (χ1n) is 11.5. The number of anilines is 2. The largest absolute Gasteiger partial charge is 0.372 e. The molecule has 0 bridgehead atoms. The van der Waals surface area contributed by atoms with E-state index in [-0.39, 0.29) is 29.0 Å². The van der Waals surface area contributed by atoms with Crippen LogP contribution < -0.4 is 10.6 Å². The number of carbonyl (C=O) groups excluding carboxylic acids is 1. The summed E-state index contributed by atoms with van der Waals surface area (Å²) < 4.78 is 13.6. The second kappa shape index (κ2) is 8.18. The molecule has 4 heteroatoms. The Morgan fingerprint density at radius 2 is 1.45 bits per heavy atom. The van der Waals surface area contributed by atoms with Crippen molar-refractivity contribution in [1.82, 2.24) is 0 Å². The highest BCUT2D eigenvalue weighted by atomic mass is 19.1. The Kier molecular flexibility index (Phi) is 5.32. The van der Waals surface area contributed by atoms with Gasteiger partial charge in [-0.05, 0) is 58.7 Å². The Labute approximate surface area is 194 Å². The van der Waals surface area contributed by atoms with Crippen LogP contribution in [0.1, 0.15) is 62.3 Å². The van der Waals surface area contributed by atoms with Gasteiger partial charge < -0.3 is 10.6 Å². The van der Waals surface area contributed by atoms with Gasteiger partial charge in [0.05, 0.1) is 17.4 Å². The summed E-state index contributed by atoms with van der Waals surface area (Å²) in [4.78, 5) is 13.6. The average Bonchev–Trinajstić information content (AvgIpc) is 2.96. The van der Waals surface area contributed by atoms with Gasteiger partial charge in [0.25, 0.3) is 0 Å². The third-order valence-corrected chi connectivity index (χ3v) is 6.76. The van der Waals surface area contributed by atoms with Gasteiger partial charge in [0.1, 0.15) is 5.82 Å². The predicted molar refractivity (Wildman–Crippen MR) is 132 cm³/mol. The van der Waals surface area contributed by atoms with Crippen LogP contribution in [0.5, 0.6) is 0 Å². The number of Topliss-reactive ketones (excluding diaryl/α,β-unsaturated/α-hetero) is 1. The summed E-state index contributed by atoms with van der Waals surface area (Å²) in [5, 5.41) is 7.10. The van der Waals surface area contributed by atoms with Crippen molar-refractivity contribution in [1.29, 1.82) is 0 Å². The van der Waals surface area contributed by atoms with Crippen molar-refractivity contribution in [2.45, 2.75) is 51.0 Å². The standard InChI is InChI=1S/C29H29FN2O/c1-29(2,3)21-12-8-18(9-13-21)20-16-25-27(26(33)17-20)28(19-10-14-22(30)15-11-19)32-24-7-5-4-6-23(24)31-25/h4-15,20,28,31-32H,16-17H2,1-3H3. The van der Waals surface area contributed by atoms with Crippen molar-refractivity contribution < 1.29 is 9.18 Å². The molecule has 0 radical (unpaired) electrons. The van der Waals surface area contributed by atoms with Gasteiger partial charge in [-0.15, -0.1) is 0 Å². The number of hydrogen-bond acceptors (Lipinski definition) is 3. The molecule has 0 spiro atoms. The fraction of sp³-hybridized carbons (Fsp3) is 0.276. The van der Waals surface area contributed by atoms with Crippen LogP contribution in [0.25, 0.3) is 0 Å². The molecule has 0 amide bonds. The molecular weight excluding hydrogens is 411 g/mol. The zero-order valence-corrected chi connectivity index (χ0v) is 19.3. The summed E-state index contributed by atoms with van der Waals surface area (Å²) in [7, 11) is 0. The van der Waals surface area contributed by atoms with Gasteiger partial charge in [0.15, 0.2) is 5.78 Å². The molecule has 1 aliphatic carbocycles. The molecule has 2 atom stereocenters. The number of fused-ring (bicyclic) bond motifs is 1. The summed E-state index contributed by atoms with van der Waals surface area (Å²) in [6.07, 6.45) is 1.22. The van der Waals surface area contributed by atoms with Crippen molar-refractivity contribution in [2.75, 3.05) is 10.6 Å². The predicted octanol–water partition coefficient (Wildman–Crippen LogP) is 7.10. The summed E-state index contributed by atoms with van der Waals surface area (Å²) in [5.41, 5.74) is 7.03. The van der Waals surface area contributed by atoms with E-state index >= 15 is 0 Å². The Balaban J connectivity index is 1.54. The number of hydrogen-bond donors (Lipinski definition) is 2. The van der Waals surface area contributed by atoms with Crippen LogP contribution in [0.3, 0.4) is 0 Å². The number of para-hydroxylation sites is 2. The first kappa shape index (κ1) is 21.4.